The molecule has 0 unspecified atom stereocenters. The number of rotatable bonds is 9. The molecule has 156 valence electrons. The third-order valence-corrected chi connectivity index (χ3v) is 6.18. The smallest absolute Gasteiger partial charge is 0.236 e. The largest absolute Gasteiger partial charge is 0.326 e. The van der Waals surface area contributed by atoms with Crippen molar-refractivity contribution in [3.8, 4) is 11.3 Å². The van der Waals surface area contributed by atoms with E-state index in [1.54, 1.807) is 0 Å². The van der Waals surface area contributed by atoms with E-state index in [0.717, 1.165) is 34.7 Å². The van der Waals surface area contributed by atoms with E-state index in [1.807, 2.05) is 53.9 Å². The molecule has 3 aromatic rings. The molecule has 0 atom stereocenters. The van der Waals surface area contributed by atoms with Gasteiger partial charge >= 0.3 is 0 Å². The van der Waals surface area contributed by atoms with Crippen molar-refractivity contribution >= 4 is 57.3 Å². The van der Waals surface area contributed by atoms with Gasteiger partial charge in [0.1, 0.15) is 0 Å². The number of nitrogens with zero attached hydrogens (tertiary/aromatic N) is 1. The van der Waals surface area contributed by atoms with Crippen LogP contribution in [0.25, 0.3) is 11.3 Å². The second kappa shape index (κ2) is 11.2. The summed E-state index contributed by atoms with van der Waals surface area (Å²) in [7, 11) is 0. The molecule has 1 aromatic heterocycles. The van der Waals surface area contributed by atoms with Crippen molar-refractivity contribution in [1.29, 1.82) is 0 Å². The minimum absolute atomic E-state index is 0.0260. The number of benzene rings is 2. The number of carbonyl (C=O) groups is 2. The Labute approximate surface area is 189 Å². The molecule has 5 nitrogen and oxygen atoms in total. The lowest BCUT2D eigenvalue weighted by Gasteiger charge is -2.06. The predicted molar refractivity (Wildman–Crippen MR) is 127 cm³/mol. The number of amides is 2. The van der Waals surface area contributed by atoms with Gasteiger partial charge in [-0.25, -0.2) is 4.98 Å². The van der Waals surface area contributed by atoms with Crippen molar-refractivity contribution in [3.05, 3.63) is 58.9 Å². The number of unbranched alkanes of at least 4 members (excludes halogenated alkanes) is 1. The molecule has 0 aliphatic heterocycles. The Morgan fingerprint density at radius 3 is 2.47 bits per heavy atom. The molecule has 0 saturated heterocycles. The van der Waals surface area contributed by atoms with Gasteiger partial charge in [0.05, 0.1) is 11.4 Å². The number of halogens is 1. The van der Waals surface area contributed by atoms with E-state index < -0.39 is 0 Å². The highest BCUT2D eigenvalue weighted by molar-refractivity contribution is 8.00. The first kappa shape index (κ1) is 22.3. The van der Waals surface area contributed by atoms with Crippen LogP contribution in [-0.4, -0.2) is 22.6 Å². The van der Waals surface area contributed by atoms with Gasteiger partial charge in [-0.15, -0.1) is 23.1 Å². The monoisotopic (exact) mass is 459 g/mol. The number of hydrogen-bond acceptors (Lipinski definition) is 5. The van der Waals surface area contributed by atoms with Crippen LogP contribution in [0.3, 0.4) is 0 Å². The molecule has 2 N–H and O–H groups in total. The normalized spacial score (nSPS) is 10.6. The van der Waals surface area contributed by atoms with Gasteiger partial charge in [-0.3, -0.25) is 9.59 Å². The number of hydrogen-bond donors (Lipinski definition) is 2. The molecule has 0 spiro atoms. The first-order valence-corrected chi connectivity index (χ1v) is 11.8. The number of thioether (sulfide) groups is 1. The summed E-state index contributed by atoms with van der Waals surface area (Å²) >= 11 is 8.73. The van der Waals surface area contributed by atoms with E-state index in [4.69, 9.17) is 11.6 Å². The number of aromatic nitrogens is 1. The summed E-state index contributed by atoms with van der Waals surface area (Å²) in [6.07, 6.45) is 2.41. The average molecular weight is 460 g/mol. The summed E-state index contributed by atoms with van der Waals surface area (Å²) in [6.45, 7) is 2.06. The third-order valence-electron chi connectivity index (χ3n) is 4.16. The standard InChI is InChI=1S/C22H22ClN3O2S2/c1-2-3-4-20(27)24-17-9-11-18(12-10-17)29-14-21(28)26-22-25-19(13-30-22)15-5-7-16(23)8-6-15/h5-13H,2-4,14H2,1H3,(H,24,27)(H,25,26,28). The van der Waals surface area contributed by atoms with Crippen molar-refractivity contribution in [2.45, 2.75) is 31.1 Å². The summed E-state index contributed by atoms with van der Waals surface area (Å²) in [6, 6.07) is 14.9. The summed E-state index contributed by atoms with van der Waals surface area (Å²) in [4.78, 5) is 29.4. The lowest BCUT2D eigenvalue weighted by molar-refractivity contribution is -0.116. The van der Waals surface area contributed by atoms with Gasteiger partial charge in [0, 0.05) is 33.0 Å². The quantitative estimate of drug-likeness (QED) is 0.367. The molecular formula is C22H22ClN3O2S2. The maximum atomic E-state index is 12.2. The second-order valence-electron chi connectivity index (χ2n) is 6.56. The first-order chi connectivity index (χ1) is 14.5. The van der Waals surface area contributed by atoms with Crippen molar-refractivity contribution in [1.82, 2.24) is 4.98 Å². The fourth-order valence-corrected chi connectivity index (χ4v) is 4.14. The Morgan fingerprint density at radius 1 is 1.03 bits per heavy atom. The SMILES string of the molecule is CCCCC(=O)Nc1ccc(SCC(=O)Nc2nc(-c3ccc(Cl)cc3)cs2)cc1. The van der Waals surface area contributed by atoms with Gasteiger partial charge in [-0.05, 0) is 42.8 Å². The molecule has 2 aromatic carbocycles. The van der Waals surface area contributed by atoms with Gasteiger partial charge in [-0.1, -0.05) is 37.1 Å². The number of thiazole rings is 1. The van der Waals surface area contributed by atoms with E-state index >= 15 is 0 Å². The second-order valence-corrected chi connectivity index (χ2v) is 8.90. The molecule has 8 heteroatoms. The van der Waals surface area contributed by atoms with E-state index in [9.17, 15) is 9.59 Å². The summed E-state index contributed by atoms with van der Waals surface area (Å²) in [5.41, 5.74) is 2.52. The molecule has 0 radical (unpaired) electrons. The number of anilines is 2. The van der Waals surface area contributed by atoms with Crippen molar-refractivity contribution in [2.75, 3.05) is 16.4 Å². The van der Waals surface area contributed by atoms with Crippen molar-refractivity contribution < 1.29 is 9.59 Å². The maximum absolute atomic E-state index is 12.2. The fourth-order valence-electron chi connectivity index (χ4n) is 2.58. The van der Waals surface area contributed by atoms with Crippen LogP contribution >= 0.6 is 34.7 Å². The summed E-state index contributed by atoms with van der Waals surface area (Å²) < 4.78 is 0. The van der Waals surface area contributed by atoms with Gasteiger partial charge in [0.25, 0.3) is 0 Å². The van der Waals surface area contributed by atoms with Crippen LogP contribution in [0.1, 0.15) is 26.2 Å². The van der Waals surface area contributed by atoms with Gasteiger partial charge in [0.2, 0.25) is 11.8 Å². The zero-order valence-electron chi connectivity index (χ0n) is 16.5. The third kappa shape index (κ3) is 6.86. The molecule has 2 amide bonds. The van der Waals surface area contributed by atoms with Gasteiger partial charge in [0.15, 0.2) is 5.13 Å². The first-order valence-electron chi connectivity index (χ1n) is 9.57. The Morgan fingerprint density at radius 2 is 1.77 bits per heavy atom. The van der Waals surface area contributed by atoms with E-state index in [2.05, 4.69) is 22.5 Å². The summed E-state index contributed by atoms with van der Waals surface area (Å²) in [5, 5.41) is 8.85. The molecule has 0 fully saturated rings. The fraction of sp³-hybridized carbons (Fsp3) is 0.227. The van der Waals surface area contributed by atoms with Crippen LogP contribution in [0, 0.1) is 0 Å². The number of nitrogens with one attached hydrogen (secondary N) is 2. The molecule has 1 heterocycles. The Kier molecular flexibility index (Phi) is 8.30. The van der Waals surface area contributed by atoms with E-state index in [0.29, 0.717) is 16.6 Å². The molecule has 30 heavy (non-hydrogen) atoms. The zero-order valence-corrected chi connectivity index (χ0v) is 18.9. The highest BCUT2D eigenvalue weighted by Gasteiger charge is 2.09. The van der Waals surface area contributed by atoms with Crippen LogP contribution in [0.4, 0.5) is 10.8 Å². The van der Waals surface area contributed by atoms with E-state index in [-0.39, 0.29) is 17.6 Å². The van der Waals surface area contributed by atoms with Crippen LogP contribution < -0.4 is 10.6 Å². The molecule has 3 rings (SSSR count). The highest BCUT2D eigenvalue weighted by Crippen LogP contribution is 2.26. The van der Waals surface area contributed by atoms with Gasteiger partial charge in [-0.2, -0.15) is 0 Å². The van der Waals surface area contributed by atoms with Gasteiger partial charge < -0.3 is 10.6 Å². The molecule has 0 saturated carbocycles. The molecule has 0 bridgehead atoms. The summed E-state index contributed by atoms with van der Waals surface area (Å²) in [5.74, 6) is 0.185. The topological polar surface area (TPSA) is 71.1 Å². The molecular weight excluding hydrogens is 438 g/mol. The van der Waals surface area contributed by atoms with Crippen LogP contribution in [0.5, 0.6) is 0 Å². The van der Waals surface area contributed by atoms with Crippen molar-refractivity contribution in [3.63, 3.8) is 0 Å². The van der Waals surface area contributed by atoms with Crippen molar-refractivity contribution in [2.24, 2.45) is 0 Å². The Bertz CT molecular complexity index is 988. The minimum atomic E-state index is -0.117. The minimum Gasteiger partial charge on any atom is -0.326 e. The predicted octanol–water partition coefficient (Wildman–Crippen LogP) is 6.32. The highest BCUT2D eigenvalue weighted by atomic mass is 35.5. The Hall–Kier alpha value is -2.35. The van der Waals surface area contributed by atoms with Crippen LogP contribution in [0.15, 0.2) is 58.8 Å². The number of carbonyl (C=O) groups excluding carboxylic acids is 2. The lowest BCUT2D eigenvalue weighted by atomic mass is 10.2. The zero-order chi connectivity index (χ0) is 21.3. The molecule has 0 aliphatic carbocycles. The maximum Gasteiger partial charge on any atom is 0.236 e. The van der Waals surface area contributed by atoms with Crippen LogP contribution in [-0.2, 0) is 9.59 Å². The average Bonchev–Trinajstić information content (AvgIpc) is 3.20. The van der Waals surface area contributed by atoms with E-state index in [1.165, 1.54) is 23.1 Å². The van der Waals surface area contributed by atoms with Crippen LogP contribution in [0.2, 0.25) is 5.02 Å². The molecule has 0 aliphatic rings. The lowest BCUT2D eigenvalue weighted by Crippen LogP contribution is -2.13. The Balaban J connectivity index is 1.46.